The molecule has 94 valence electrons. The maximum Gasteiger partial charge on any atom is 0.0474 e. The molecular weight excluding hydrogens is 230 g/mol. The molecule has 2 unspecified atom stereocenters. The Hall–Kier alpha value is -0.510. The van der Waals surface area contributed by atoms with Crippen LogP contribution in [0.4, 0.5) is 0 Å². The molecule has 17 heavy (non-hydrogen) atoms. The largest absolute Gasteiger partial charge is 0.396 e. The minimum Gasteiger partial charge on any atom is -0.396 e. The van der Waals surface area contributed by atoms with E-state index in [0.29, 0.717) is 18.6 Å². The molecule has 1 aromatic carbocycles. The fourth-order valence-electron chi connectivity index (χ4n) is 2.45. The van der Waals surface area contributed by atoms with Gasteiger partial charge in [0.1, 0.15) is 0 Å². The number of hydrogen-bond acceptors (Lipinski definition) is 3. The Balaban J connectivity index is 1.63. The first kappa shape index (κ1) is 12.9. The van der Waals surface area contributed by atoms with Crippen molar-refractivity contribution in [3.05, 3.63) is 30.3 Å². The predicted molar refractivity (Wildman–Crippen MR) is 73.4 cm³/mol. The normalized spacial score (nSPS) is 24.1. The minimum absolute atomic E-state index is 0.337. The Labute approximate surface area is 108 Å². The van der Waals surface area contributed by atoms with Crippen LogP contribution in [0, 0.1) is 5.92 Å². The second-order valence-corrected chi connectivity index (χ2v) is 5.76. The van der Waals surface area contributed by atoms with Crippen LogP contribution in [0.3, 0.4) is 0 Å². The van der Waals surface area contributed by atoms with E-state index >= 15 is 0 Å². The van der Waals surface area contributed by atoms with E-state index in [2.05, 4.69) is 29.6 Å². The second kappa shape index (κ2) is 7.04. The van der Waals surface area contributed by atoms with E-state index in [0.717, 1.165) is 12.3 Å². The van der Waals surface area contributed by atoms with Gasteiger partial charge in [-0.15, -0.1) is 11.8 Å². The van der Waals surface area contributed by atoms with Crippen molar-refractivity contribution in [2.45, 2.75) is 30.2 Å². The third-order valence-electron chi connectivity index (χ3n) is 3.41. The van der Waals surface area contributed by atoms with Crippen LogP contribution < -0.4 is 5.32 Å². The van der Waals surface area contributed by atoms with Gasteiger partial charge in [0.15, 0.2) is 0 Å². The monoisotopic (exact) mass is 251 g/mol. The molecule has 2 atom stereocenters. The molecule has 0 amide bonds. The van der Waals surface area contributed by atoms with Gasteiger partial charge in [0.25, 0.3) is 0 Å². The first-order valence-electron chi connectivity index (χ1n) is 6.42. The first-order chi connectivity index (χ1) is 8.40. The summed E-state index contributed by atoms with van der Waals surface area (Å²) >= 11 is 1.89. The molecule has 0 aliphatic heterocycles. The quantitative estimate of drug-likeness (QED) is 0.602. The molecule has 1 aliphatic carbocycles. The zero-order valence-electron chi connectivity index (χ0n) is 10.1. The summed E-state index contributed by atoms with van der Waals surface area (Å²) in [5.41, 5.74) is 0. The van der Waals surface area contributed by atoms with Crippen LogP contribution in [0.5, 0.6) is 0 Å². The number of rotatable bonds is 6. The van der Waals surface area contributed by atoms with Gasteiger partial charge < -0.3 is 10.4 Å². The van der Waals surface area contributed by atoms with Crippen molar-refractivity contribution in [2.24, 2.45) is 5.92 Å². The van der Waals surface area contributed by atoms with Crippen molar-refractivity contribution >= 4 is 11.8 Å². The zero-order chi connectivity index (χ0) is 11.9. The lowest BCUT2D eigenvalue weighted by molar-refractivity contribution is 0.206. The Morgan fingerprint density at radius 1 is 1.24 bits per heavy atom. The van der Waals surface area contributed by atoms with E-state index < -0.39 is 0 Å². The third-order valence-corrected chi connectivity index (χ3v) is 4.43. The highest BCUT2D eigenvalue weighted by Gasteiger charge is 2.25. The van der Waals surface area contributed by atoms with Crippen LogP contribution in [0.25, 0.3) is 0 Å². The van der Waals surface area contributed by atoms with Crippen LogP contribution in [0.15, 0.2) is 35.2 Å². The summed E-state index contributed by atoms with van der Waals surface area (Å²) < 4.78 is 0. The van der Waals surface area contributed by atoms with Crippen LogP contribution in [0.2, 0.25) is 0 Å². The van der Waals surface area contributed by atoms with E-state index in [1.165, 1.54) is 24.2 Å². The number of thioether (sulfide) groups is 1. The lowest BCUT2D eigenvalue weighted by Gasteiger charge is -2.18. The van der Waals surface area contributed by atoms with Gasteiger partial charge >= 0.3 is 0 Å². The highest BCUT2D eigenvalue weighted by atomic mass is 32.2. The molecule has 0 heterocycles. The van der Waals surface area contributed by atoms with Gasteiger partial charge in [-0.25, -0.2) is 0 Å². The average Bonchev–Trinajstić information content (AvgIpc) is 2.83. The molecule has 0 radical (unpaired) electrons. The second-order valence-electron chi connectivity index (χ2n) is 4.60. The number of aliphatic hydroxyl groups excluding tert-OH is 1. The van der Waals surface area contributed by atoms with E-state index in [1.807, 2.05) is 17.8 Å². The van der Waals surface area contributed by atoms with Crippen molar-refractivity contribution in [3.63, 3.8) is 0 Å². The molecule has 0 saturated heterocycles. The summed E-state index contributed by atoms with van der Waals surface area (Å²) in [4.78, 5) is 1.33. The van der Waals surface area contributed by atoms with Crippen LogP contribution in [-0.2, 0) is 0 Å². The summed E-state index contributed by atoms with van der Waals surface area (Å²) in [6, 6.07) is 11.0. The maximum absolute atomic E-state index is 9.23. The summed E-state index contributed by atoms with van der Waals surface area (Å²) in [5.74, 6) is 1.58. The van der Waals surface area contributed by atoms with Crippen LogP contribution >= 0.6 is 11.8 Å². The molecule has 0 spiro atoms. The smallest absolute Gasteiger partial charge is 0.0474 e. The fraction of sp³-hybridized carbons (Fsp3) is 0.571. The zero-order valence-corrected chi connectivity index (χ0v) is 11.0. The Kier molecular flexibility index (Phi) is 5.36. The van der Waals surface area contributed by atoms with Crippen molar-refractivity contribution in [2.75, 3.05) is 18.9 Å². The summed E-state index contributed by atoms with van der Waals surface area (Å²) in [7, 11) is 0. The standard InChI is InChI=1S/C14H21NOS/c16-11-12-5-4-8-14(12)15-9-10-17-13-6-2-1-3-7-13/h1-3,6-7,12,14-16H,4-5,8-11H2. The van der Waals surface area contributed by atoms with E-state index in [-0.39, 0.29) is 0 Å². The van der Waals surface area contributed by atoms with Gasteiger partial charge in [-0.05, 0) is 30.9 Å². The Bertz CT molecular complexity index is 317. The predicted octanol–water partition coefficient (Wildman–Crippen LogP) is 2.53. The number of nitrogens with one attached hydrogen (secondary N) is 1. The number of hydrogen-bond donors (Lipinski definition) is 2. The lowest BCUT2D eigenvalue weighted by Crippen LogP contribution is -2.35. The molecule has 1 saturated carbocycles. The molecule has 2 N–H and O–H groups in total. The van der Waals surface area contributed by atoms with Gasteiger partial charge in [0, 0.05) is 29.8 Å². The van der Waals surface area contributed by atoms with Crippen molar-refractivity contribution in [1.29, 1.82) is 0 Å². The minimum atomic E-state index is 0.337. The average molecular weight is 251 g/mol. The molecule has 0 bridgehead atoms. The fourth-order valence-corrected chi connectivity index (χ4v) is 3.26. The highest BCUT2D eigenvalue weighted by Crippen LogP contribution is 2.25. The topological polar surface area (TPSA) is 32.3 Å². The molecule has 1 aliphatic rings. The Morgan fingerprint density at radius 2 is 2.06 bits per heavy atom. The molecule has 0 aromatic heterocycles. The third kappa shape index (κ3) is 4.02. The van der Waals surface area contributed by atoms with Gasteiger partial charge in [-0.3, -0.25) is 0 Å². The molecule has 2 rings (SSSR count). The van der Waals surface area contributed by atoms with Gasteiger partial charge in [-0.1, -0.05) is 24.6 Å². The number of benzene rings is 1. The van der Waals surface area contributed by atoms with Crippen LogP contribution in [0.1, 0.15) is 19.3 Å². The number of aliphatic hydroxyl groups is 1. The maximum atomic E-state index is 9.23. The van der Waals surface area contributed by atoms with Gasteiger partial charge in [0.2, 0.25) is 0 Å². The Morgan fingerprint density at radius 3 is 2.82 bits per heavy atom. The summed E-state index contributed by atoms with van der Waals surface area (Å²) in [6.07, 6.45) is 3.66. The lowest BCUT2D eigenvalue weighted by atomic mass is 10.1. The van der Waals surface area contributed by atoms with Crippen molar-refractivity contribution in [3.8, 4) is 0 Å². The summed E-state index contributed by atoms with van der Waals surface area (Å²) in [5, 5.41) is 12.8. The van der Waals surface area contributed by atoms with Gasteiger partial charge in [-0.2, -0.15) is 0 Å². The van der Waals surface area contributed by atoms with E-state index in [1.54, 1.807) is 0 Å². The molecule has 1 aromatic rings. The highest BCUT2D eigenvalue weighted by molar-refractivity contribution is 7.99. The molecule has 3 heteroatoms. The van der Waals surface area contributed by atoms with E-state index in [4.69, 9.17) is 0 Å². The summed E-state index contributed by atoms with van der Waals surface area (Å²) in [6.45, 7) is 1.37. The molecule has 2 nitrogen and oxygen atoms in total. The molecular formula is C14H21NOS. The van der Waals surface area contributed by atoms with Crippen molar-refractivity contribution < 1.29 is 5.11 Å². The van der Waals surface area contributed by atoms with E-state index in [9.17, 15) is 5.11 Å². The van der Waals surface area contributed by atoms with Gasteiger partial charge in [0.05, 0.1) is 0 Å². The molecule has 1 fully saturated rings. The SMILES string of the molecule is OCC1CCCC1NCCSc1ccccc1. The van der Waals surface area contributed by atoms with Crippen molar-refractivity contribution in [1.82, 2.24) is 5.32 Å². The first-order valence-corrected chi connectivity index (χ1v) is 7.41. The van der Waals surface area contributed by atoms with Crippen LogP contribution in [-0.4, -0.2) is 30.1 Å².